The summed E-state index contributed by atoms with van der Waals surface area (Å²) in [7, 11) is 0. The Bertz CT molecular complexity index is 415. The van der Waals surface area contributed by atoms with Gasteiger partial charge in [0.05, 0.1) is 12.2 Å². The molecule has 0 aliphatic carbocycles. The van der Waals surface area contributed by atoms with Crippen LogP contribution in [0.2, 0.25) is 0 Å². The number of nitrogens with zero attached hydrogens (tertiary/aromatic N) is 3. The standard InChI is InChI=1S/C12H19N3O2.C2H6/c1-9-5-13-15(6-9)10-7-14(8-10)11(16)17-12(2,3)4;1-2/h5-6,10H,7-8H2,1-4H3;1-2H3. The van der Waals surface area contributed by atoms with E-state index in [1.165, 1.54) is 0 Å². The van der Waals surface area contributed by atoms with Gasteiger partial charge in [0.2, 0.25) is 0 Å². The number of amides is 1. The Morgan fingerprint density at radius 1 is 1.37 bits per heavy atom. The number of likely N-dealkylation sites (tertiary alicyclic amines) is 1. The molecule has 1 aromatic rings. The Labute approximate surface area is 115 Å². The van der Waals surface area contributed by atoms with E-state index in [1.807, 2.05) is 58.6 Å². The van der Waals surface area contributed by atoms with Crippen LogP contribution in [0.1, 0.15) is 46.2 Å². The van der Waals surface area contributed by atoms with Crippen molar-refractivity contribution in [3.05, 3.63) is 18.0 Å². The van der Waals surface area contributed by atoms with Crippen LogP contribution in [0.3, 0.4) is 0 Å². The molecule has 0 atom stereocenters. The van der Waals surface area contributed by atoms with Crippen LogP contribution in [0.25, 0.3) is 0 Å². The van der Waals surface area contributed by atoms with Crippen molar-refractivity contribution in [3.63, 3.8) is 0 Å². The van der Waals surface area contributed by atoms with Crippen LogP contribution in [-0.4, -0.2) is 39.5 Å². The molecule has 0 bridgehead atoms. The molecule has 5 nitrogen and oxygen atoms in total. The average molecular weight is 267 g/mol. The van der Waals surface area contributed by atoms with Crippen molar-refractivity contribution >= 4 is 6.09 Å². The first kappa shape index (κ1) is 15.5. The van der Waals surface area contributed by atoms with E-state index in [0.29, 0.717) is 13.1 Å². The van der Waals surface area contributed by atoms with Crippen molar-refractivity contribution in [3.8, 4) is 0 Å². The summed E-state index contributed by atoms with van der Waals surface area (Å²) in [6.07, 6.45) is 3.59. The Balaban J connectivity index is 0.000000861. The summed E-state index contributed by atoms with van der Waals surface area (Å²) in [4.78, 5) is 13.4. The Hall–Kier alpha value is -1.52. The van der Waals surface area contributed by atoms with E-state index in [4.69, 9.17) is 4.74 Å². The smallest absolute Gasteiger partial charge is 0.410 e. The maximum atomic E-state index is 11.7. The van der Waals surface area contributed by atoms with Gasteiger partial charge >= 0.3 is 6.09 Å². The van der Waals surface area contributed by atoms with E-state index in [2.05, 4.69) is 5.10 Å². The van der Waals surface area contributed by atoms with Gasteiger partial charge in [0.1, 0.15) is 5.60 Å². The van der Waals surface area contributed by atoms with Gasteiger partial charge in [0.15, 0.2) is 0 Å². The van der Waals surface area contributed by atoms with Crippen molar-refractivity contribution in [1.29, 1.82) is 0 Å². The minimum absolute atomic E-state index is 0.238. The van der Waals surface area contributed by atoms with Crippen molar-refractivity contribution in [2.24, 2.45) is 0 Å². The number of carbonyl (C=O) groups is 1. The molecule has 0 N–H and O–H groups in total. The lowest BCUT2D eigenvalue weighted by atomic mass is 10.1. The summed E-state index contributed by atoms with van der Waals surface area (Å²) in [5, 5.41) is 4.24. The molecule has 1 saturated heterocycles. The van der Waals surface area contributed by atoms with Crippen LogP contribution in [0, 0.1) is 6.92 Å². The lowest BCUT2D eigenvalue weighted by Crippen LogP contribution is -2.52. The quantitative estimate of drug-likeness (QED) is 0.786. The molecule has 1 amide bonds. The van der Waals surface area contributed by atoms with Crippen molar-refractivity contribution < 1.29 is 9.53 Å². The van der Waals surface area contributed by atoms with Crippen LogP contribution in [0.5, 0.6) is 0 Å². The van der Waals surface area contributed by atoms with Gasteiger partial charge in [-0.2, -0.15) is 5.10 Å². The zero-order chi connectivity index (χ0) is 14.6. The summed E-state index contributed by atoms with van der Waals surface area (Å²) in [5.74, 6) is 0. The molecular formula is C14H25N3O2. The molecule has 1 aromatic heterocycles. The molecule has 19 heavy (non-hydrogen) atoms. The zero-order valence-electron chi connectivity index (χ0n) is 12.8. The lowest BCUT2D eigenvalue weighted by molar-refractivity contribution is -0.000390. The molecule has 0 saturated carbocycles. The second-order valence-electron chi connectivity index (χ2n) is 5.54. The van der Waals surface area contributed by atoms with Gasteiger partial charge in [-0.15, -0.1) is 0 Å². The van der Waals surface area contributed by atoms with Gasteiger partial charge in [0, 0.05) is 19.3 Å². The van der Waals surface area contributed by atoms with E-state index in [0.717, 1.165) is 5.56 Å². The van der Waals surface area contributed by atoms with Crippen LogP contribution >= 0.6 is 0 Å². The highest BCUT2D eigenvalue weighted by Gasteiger charge is 2.34. The summed E-state index contributed by atoms with van der Waals surface area (Å²) in [6, 6.07) is 0.288. The van der Waals surface area contributed by atoms with Gasteiger partial charge in [-0.1, -0.05) is 13.8 Å². The number of carbonyl (C=O) groups excluding carboxylic acids is 1. The maximum absolute atomic E-state index is 11.7. The molecule has 0 unspecified atom stereocenters. The molecule has 0 aromatic carbocycles. The fraction of sp³-hybridized carbons (Fsp3) is 0.714. The first-order chi connectivity index (χ1) is 8.85. The second kappa shape index (κ2) is 6.08. The summed E-state index contributed by atoms with van der Waals surface area (Å²) in [6.45, 7) is 13.0. The highest BCUT2D eigenvalue weighted by atomic mass is 16.6. The molecule has 0 radical (unpaired) electrons. The first-order valence-electron chi connectivity index (χ1n) is 6.84. The minimum atomic E-state index is -0.426. The zero-order valence-corrected chi connectivity index (χ0v) is 12.8. The van der Waals surface area contributed by atoms with E-state index in [9.17, 15) is 4.79 Å². The number of hydrogen-bond acceptors (Lipinski definition) is 3. The molecule has 1 fully saturated rings. The third kappa shape index (κ3) is 4.26. The molecular weight excluding hydrogens is 242 g/mol. The van der Waals surface area contributed by atoms with E-state index >= 15 is 0 Å². The first-order valence-corrected chi connectivity index (χ1v) is 6.84. The molecule has 5 heteroatoms. The van der Waals surface area contributed by atoms with Gasteiger partial charge in [0.25, 0.3) is 0 Å². The number of hydrogen-bond donors (Lipinski definition) is 0. The van der Waals surface area contributed by atoms with Crippen LogP contribution in [0.4, 0.5) is 4.79 Å². The second-order valence-corrected chi connectivity index (χ2v) is 5.54. The van der Waals surface area contributed by atoms with Gasteiger partial charge in [-0.05, 0) is 33.3 Å². The largest absolute Gasteiger partial charge is 0.444 e. The predicted molar refractivity (Wildman–Crippen MR) is 75.2 cm³/mol. The Morgan fingerprint density at radius 3 is 2.37 bits per heavy atom. The SMILES string of the molecule is CC.Cc1cnn(C2CN(C(=O)OC(C)(C)C)C2)c1. The topological polar surface area (TPSA) is 47.4 Å². The van der Waals surface area contributed by atoms with Crippen molar-refractivity contribution in [2.45, 2.75) is 53.2 Å². The van der Waals surface area contributed by atoms with Gasteiger partial charge < -0.3 is 9.64 Å². The molecule has 1 aliphatic heterocycles. The molecule has 0 spiro atoms. The van der Waals surface area contributed by atoms with Crippen molar-refractivity contribution in [2.75, 3.05) is 13.1 Å². The van der Waals surface area contributed by atoms with Gasteiger partial charge in [-0.3, -0.25) is 4.68 Å². The third-order valence-electron chi connectivity index (χ3n) is 2.62. The summed E-state index contributed by atoms with van der Waals surface area (Å²) >= 11 is 0. The molecule has 2 rings (SSSR count). The van der Waals surface area contributed by atoms with Crippen LogP contribution < -0.4 is 0 Å². The fourth-order valence-electron chi connectivity index (χ4n) is 1.73. The normalized spacial score (nSPS) is 15.4. The lowest BCUT2D eigenvalue weighted by Gasteiger charge is -2.39. The number of aryl methyl sites for hydroxylation is 1. The predicted octanol–water partition coefficient (Wildman–Crippen LogP) is 3.01. The van der Waals surface area contributed by atoms with Crippen LogP contribution in [-0.2, 0) is 4.74 Å². The summed E-state index contributed by atoms with van der Waals surface area (Å²) < 4.78 is 7.20. The molecule has 1 aliphatic rings. The van der Waals surface area contributed by atoms with Crippen LogP contribution in [0.15, 0.2) is 12.4 Å². The van der Waals surface area contributed by atoms with E-state index < -0.39 is 5.60 Å². The minimum Gasteiger partial charge on any atom is -0.444 e. The summed E-state index contributed by atoms with van der Waals surface area (Å²) in [5.41, 5.74) is 0.713. The highest BCUT2D eigenvalue weighted by Crippen LogP contribution is 2.23. The number of ether oxygens (including phenoxy) is 1. The van der Waals surface area contributed by atoms with Gasteiger partial charge in [-0.25, -0.2) is 4.79 Å². The van der Waals surface area contributed by atoms with Crippen molar-refractivity contribution in [1.82, 2.24) is 14.7 Å². The average Bonchev–Trinajstić information content (AvgIpc) is 2.63. The van der Waals surface area contributed by atoms with E-state index in [1.54, 1.807) is 4.90 Å². The Kier molecular flexibility index (Phi) is 4.97. The maximum Gasteiger partial charge on any atom is 0.410 e. The van der Waals surface area contributed by atoms with E-state index in [-0.39, 0.29) is 12.1 Å². The molecule has 108 valence electrons. The highest BCUT2D eigenvalue weighted by molar-refractivity contribution is 5.69. The molecule has 2 heterocycles. The number of rotatable bonds is 1. The Morgan fingerprint density at radius 2 is 1.95 bits per heavy atom. The monoisotopic (exact) mass is 267 g/mol. The third-order valence-corrected chi connectivity index (χ3v) is 2.62. The fourth-order valence-corrected chi connectivity index (χ4v) is 1.73. The number of aromatic nitrogens is 2.